The minimum Gasteiger partial charge on any atom is -0.479 e. The van der Waals surface area contributed by atoms with Crippen molar-refractivity contribution >= 4 is 41.2 Å². The molecule has 2 bridgehead atoms. The molecule has 2 aromatic carbocycles. The van der Waals surface area contributed by atoms with Crippen molar-refractivity contribution in [1.29, 1.82) is 0 Å². The second kappa shape index (κ2) is 23.3. The van der Waals surface area contributed by atoms with Gasteiger partial charge < -0.3 is 26.4 Å². The van der Waals surface area contributed by atoms with Gasteiger partial charge in [-0.15, -0.1) is 0 Å². The van der Waals surface area contributed by atoms with Crippen molar-refractivity contribution in [3.05, 3.63) is 71.3 Å². The predicted octanol–water partition coefficient (Wildman–Crippen LogP) is 5.46. The number of Topliss-reactive ketones (excluding diaryl/α,β-unsaturated/α-hetero) is 2. The maximum Gasteiger partial charge on any atom is 0.330 e. The third-order valence-corrected chi connectivity index (χ3v) is 11.0. The zero-order chi connectivity index (χ0) is 40.3. The van der Waals surface area contributed by atoms with Gasteiger partial charge in [0.2, 0.25) is 23.5 Å². The van der Waals surface area contributed by atoms with Gasteiger partial charge in [0, 0.05) is 18.8 Å². The molecule has 4 amide bonds. The Hall–Kier alpha value is -4.87. The largest absolute Gasteiger partial charge is 0.479 e. The molecule has 12 nitrogen and oxygen atoms in total. The van der Waals surface area contributed by atoms with Crippen molar-refractivity contribution < 1.29 is 38.7 Å². The van der Waals surface area contributed by atoms with Gasteiger partial charge in [-0.25, -0.2) is 4.79 Å². The highest BCUT2D eigenvalue weighted by molar-refractivity contribution is 6.37. The van der Waals surface area contributed by atoms with Gasteiger partial charge >= 0.3 is 5.97 Å². The molecule has 304 valence electrons. The van der Waals surface area contributed by atoms with Crippen LogP contribution in [-0.2, 0) is 46.4 Å². The molecule has 0 spiro atoms. The Kier molecular flexibility index (Phi) is 18.2. The molecule has 2 aromatic rings. The van der Waals surface area contributed by atoms with Gasteiger partial charge in [0.1, 0.15) is 6.04 Å². The second-order valence-corrected chi connectivity index (χ2v) is 15.4. The molecule has 4 rings (SSSR count). The van der Waals surface area contributed by atoms with Crippen LogP contribution in [0.2, 0.25) is 0 Å². The lowest BCUT2D eigenvalue weighted by Gasteiger charge is -2.31. The third kappa shape index (κ3) is 14.3. The van der Waals surface area contributed by atoms with Crippen molar-refractivity contribution in [2.75, 3.05) is 6.54 Å². The SMILES string of the molecule is CCCC(CCCC(=O)C1Cc2cccc(c2)CCCCCCCC(=O)NC(C2CCCCC2)C(=O)N1)C(=O)C(=O)NCC(=O)N[C@H](C(=O)O)c1ccccc1. The highest BCUT2D eigenvalue weighted by Gasteiger charge is 2.34. The first-order valence-electron chi connectivity index (χ1n) is 20.6. The van der Waals surface area contributed by atoms with Crippen LogP contribution in [0.25, 0.3) is 0 Å². The number of benzene rings is 2. The number of ketones is 2. The number of aliphatic carboxylic acids is 1. The van der Waals surface area contributed by atoms with E-state index in [1.807, 2.05) is 19.1 Å². The summed E-state index contributed by atoms with van der Waals surface area (Å²) in [6.45, 7) is 1.31. The molecule has 1 saturated carbocycles. The number of carbonyl (C=O) groups excluding carboxylic acids is 6. The van der Waals surface area contributed by atoms with Crippen LogP contribution in [-0.4, -0.2) is 64.9 Å². The summed E-state index contributed by atoms with van der Waals surface area (Å²) < 4.78 is 0. The molecule has 3 unspecified atom stereocenters. The van der Waals surface area contributed by atoms with Gasteiger partial charge in [0.05, 0.1) is 12.6 Å². The van der Waals surface area contributed by atoms with Crippen LogP contribution >= 0.6 is 0 Å². The summed E-state index contributed by atoms with van der Waals surface area (Å²) in [5.74, 6) is -5.05. The van der Waals surface area contributed by atoms with Crippen molar-refractivity contribution in [3.8, 4) is 0 Å². The standard InChI is InChI=1S/C44H60N4O8/c1-2-16-34(41(52)43(54)45-29-38(51)48-40(44(55)56)33-22-11-7-12-23-33)24-15-25-36(49)35-28-31-19-14-18-30(27-31)17-8-4-3-5-13-26-37(50)47-39(42(53)46-35)32-20-9-6-10-21-32/h7,11-12,14,18-19,22-23,27,32,34-35,39-40H,2-6,8-10,13,15-17,20-21,24-26,28-29H2,1H3,(H,45,54)(H,46,53)(H,47,50)(H,48,51)(H,55,56)/t34?,35?,39?,40-/m0/s1. The van der Waals surface area contributed by atoms with Gasteiger partial charge in [-0.1, -0.05) is 106 Å². The zero-order valence-corrected chi connectivity index (χ0v) is 32.8. The molecule has 1 fully saturated rings. The van der Waals surface area contributed by atoms with Gasteiger partial charge in [-0.05, 0) is 80.4 Å². The molecule has 1 heterocycles. The fourth-order valence-electron chi connectivity index (χ4n) is 7.94. The highest BCUT2D eigenvalue weighted by Crippen LogP contribution is 2.27. The van der Waals surface area contributed by atoms with E-state index >= 15 is 0 Å². The molecule has 1 aliphatic carbocycles. The lowest BCUT2D eigenvalue weighted by molar-refractivity contribution is -0.142. The Morgan fingerprint density at radius 2 is 1.48 bits per heavy atom. The Balaban J connectivity index is 1.41. The van der Waals surface area contributed by atoms with E-state index < -0.39 is 54.2 Å². The normalized spacial score (nSPS) is 19.9. The molecular weight excluding hydrogens is 713 g/mol. The fourth-order valence-corrected chi connectivity index (χ4v) is 7.94. The average Bonchev–Trinajstić information content (AvgIpc) is 3.20. The summed E-state index contributed by atoms with van der Waals surface area (Å²) in [4.78, 5) is 91.5. The van der Waals surface area contributed by atoms with Crippen LogP contribution in [0.5, 0.6) is 0 Å². The number of nitrogens with one attached hydrogen (secondary N) is 4. The van der Waals surface area contributed by atoms with Gasteiger partial charge in [0.25, 0.3) is 5.91 Å². The van der Waals surface area contributed by atoms with Gasteiger partial charge in [0.15, 0.2) is 11.8 Å². The molecule has 2 aliphatic rings. The number of rotatable bonds is 15. The van der Waals surface area contributed by atoms with E-state index in [1.165, 1.54) is 5.56 Å². The highest BCUT2D eigenvalue weighted by atomic mass is 16.4. The van der Waals surface area contributed by atoms with E-state index in [1.54, 1.807) is 30.3 Å². The first-order valence-corrected chi connectivity index (χ1v) is 20.6. The molecular formula is C44H60N4O8. The van der Waals surface area contributed by atoms with Crippen molar-refractivity contribution in [2.24, 2.45) is 11.8 Å². The first kappa shape index (κ1) is 43.9. The van der Waals surface area contributed by atoms with Crippen molar-refractivity contribution in [1.82, 2.24) is 21.3 Å². The second-order valence-electron chi connectivity index (χ2n) is 15.4. The first-order chi connectivity index (χ1) is 27.0. The molecule has 12 heteroatoms. The number of fused-ring (bicyclic) bond motifs is 2. The van der Waals surface area contributed by atoms with E-state index in [2.05, 4.69) is 33.4 Å². The molecule has 5 N–H and O–H groups in total. The average molecular weight is 773 g/mol. The van der Waals surface area contributed by atoms with E-state index in [9.17, 15) is 38.7 Å². The lowest BCUT2D eigenvalue weighted by atomic mass is 9.83. The number of hydrogen-bond acceptors (Lipinski definition) is 7. The molecule has 1 aliphatic heterocycles. The predicted molar refractivity (Wildman–Crippen MR) is 212 cm³/mol. The quantitative estimate of drug-likeness (QED) is 0.148. The molecule has 0 radical (unpaired) electrons. The summed E-state index contributed by atoms with van der Waals surface area (Å²) >= 11 is 0. The summed E-state index contributed by atoms with van der Waals surface area (Å²) in [6.07, 6.45) is 12.8. The minimum absolute atomic E-state index is 0.00522. The summed E-state index contributed by atoms with van der Waals surface area (Å²) in [5.41, 5.74) is 2.47. The monoisotopic (exact) mass is 772 g/mol. The maximum absolute atomic E-state index is 14.0. The number of carbonyl (C=O) groups is 7. The summed E-state index contributed by atoms with van der Waals surface area (Å²) in [7, 11) is 0. The number of aryl methyl sites for hydroxylation is 1. The van der Waals surface area contributed by atoms with E-state index in [0.29, 0.717) is 37.7 Å². The maximum atomic E-state index is 14.0. The van der Waals surface area contributed by atoms with Gasteiger partial charge in [-0.3, -0.25) is 28.8 Å². The van der Waals surface area contributed by atoms with E-state index in [4.69, 9.17) is 0 Å². The Bertz CT molecular complexity index is 1640. The number of amides is 4. The van der Waals surface area contributed by atoms with Crippen molar-refractivity contribution in [2.45, 2.75) is 141 Å². The zero-order valence-electron chi connectivity index (χ0n) is 32.8. The van der Waals surface area contributed by atoms with E-state index in [-0.39, 0.29) is 36.4 Å². The molecule has 56 heavy (non-hydrogen) atoms. The third-order valence-electron chi connectivity index (χ3n) is 11.0. The Morgan fingerprint density at radius 3 is 2.20 bits per heavy atom. The molecule has 0 aromatic heterocycles. The van der Waals surface area contributed by atoms with E-state index in [0.717, 1.165) is 76.2 Å². The summed E-state index contributed by atoms with van der Waals surface area (Å²) in [6, 6.07) is 13.4. The van der Waals surface area contributed by atoms with Crippen LogP contribution in [0.1, 0.15) is 132 Å². The van der Waals surface area contributed by atoms with Gasteiger partial charge in [-0.2, -0.15) is 0 Å². The van der Waals surface area contributed by atoms with Crippen LogP contribution < -0.4 is 21.3 Å². The lowest BCUT2D eigenvalue weighted by Crippen LogP contribution is -2.55. The molecule has 4 atom stereocenters. The molecule has 0 saturated heterocycles. The van der Waals surface area contributed by atoms with Crippen LogP contribution in [0, 0.1) is 11.8 Å². The smallest absolute Gasteiger partial charge is 0.330 e. The summed E-state index contributed by atoms with van der Waals surface area (Å²) in [5, 5.41) is 20.4. The van der Waals surface area contributed by atoms with Crippen LogP contribution in [0.3, 0.4) is 0 Å². The van der Waals surface area contributed by atoms with Crippen LogP contribution in [0.4, 0.5) is 0 Å². The topological polar surface area (TPSA) is 188 Å². The number of carboxylic acid groups (broad SMARTS) is 1. The van der Waals surface area contributed by atoms with Crippen molar-refractivity contribution in [3.63, 3.8) is 0 Å². The Labute approximate surface area is 330 Å². The minimum atomic E-state index is -1.32. The Morgan fingerprint density at radius 1 is 0.804 bits per heavy atom. The number of carboxylic acids is 1. The fraction of sp³-hybridized carbons (Fsp3) is 0.568. The van der Waals surface area contributed by atoms with Crippen LogP contribution in [0.15, 0.2) is 54.6 Å². The number of hydrogen-bond donors (Lipinski definition) is 5.